The van der Waals surface area contributed by atoms with Crippen LogP contribution in [0.1, 0.15) is 56.6 Å². The summed E-state index contributed by atoms with van der Waals surface area (Å²) in [5.74, 6) is -1.71. The van der Waals surface area contributed by atoms with Gasteiger partial charge in [-0.15, -0.1) is 0 Å². The number of fused-ring (bicyclic) bond motifs is 3. The molecule has 0 fully saturated rings. The van der Waals surface area contributed by atoms with Crippen LogP contribution in [0.3, 0.4) is 0 Å². The molecule has 182 valence electrons. The van der Waals surface area contributed by atoms with Crippen LogP contribution in [-0.2, 0) is 19.1 Å². The molecule has 8 heteroatoms. The monoisotopic (exact) mass is 468 g/mol. The van der Waals surface area contributed by atoms with Gasteiger partial charge in [-0.05, 0) is 61.9 Å². The molecule has 1 amide bonds. The molecule has 0 saturated heterocycles. The van der Waals surface area contributed by atoms with Gasteiger partial charge in [-0.25, -0.2) is 9.59 Å². The molecule has 0 radical (unpaired) electrons. The molecule has 1 atom stereocenters. The van der Waals surface area contributed by atoms with Crippen molar-refractivity contribution in [3.05, 3.63) is 59.7 Å². The Bertz CT molecular complexity index is 990. The van der Waals surface area contributed by atoms with Gasteiger partial charge >= 0.3 is 18.0 Å². The van der Waals surface area contributed by atoms with Crippen LogP contribution in [0, 0.1) is 0 Å². The SMILES string of the molecule is CC(C)(CC(=O)OCC1c2ccccc2-c2ccccc21)OC(=O)N[C@@H](CCCCN)C(=O)O. The molecule has 0 unspecified atom stereocenters. The first kappa shape index (κ1) is 25.2. The van der Waals surface area contributed by atoms with Crippen molar-refractivity contribution in [1.29, 1.82) is 0 Å². The quantitative estimate of drug-likeness (QED) is 0.338. The molecule has 3 rings (SSSR count). The summed E-state index contributed by atoms with van der Waals surface area (Å²) in [6.07, 6.45) is 0.414. The van der Waals surface area contributed by atoms with Gasteiger partial charge in [-0.3, -0.25) is 4.79 Å². The second-order valence-corrected chi connectivity index (χ2v) is 9.06. The second kappa shape index (κ2) is 11.2. The van der Waals surface area contributed by atoms with Gasteiger partial charge in [0.05, 0.1) is 6.42 Å². The van der Waals surface area contributed by atoms with Crippen LogP contribution in [0.2, 0.25) is 0 Å². The van der Waals surface area contributed by atoms with Gasteiger partial charge in [-0.2, -0.15) is 0 Å². The Morgan fingerprint density at radius 2 is 1.62 bits per heavy atom. The minimum Gasteiger partial charge on any atom is -0.480 e. The molecule has 0 heterocycles. The largest absolute Gasteiger partial charge is 0.480 e. The predicted octanol–water partition coefficient (Wildman–Crippen LogP) is 3.82. The van der Waals surface area contributed by atoms with Crippen molar-refractivity contribution in [1.82, 2.24) is 5.32 Å². The molecule has 8 nitrogen and oxygen atoms in total. The Labute approximate surface area is 199 Å². The Kier molecular flexibility index (Phi) is 8.28. The third-order valence-corrected chi connectivity index (χ3v) is 5.85. The van der Waals surface area contributed by atoms with Crippen molar-refractivity contribution in [3.8, 4) is 11.1 Å². The van der Waals surface area contributed by atoms with Crippen molar-refractivity contribution in [2.75, 3.05) is 13.2 Å². The number of ether oxygens (including phenoxy) is 2. The zero-order valence-electron chi connectivity index (χ0n) is 19.6. The van der Waals surface area contributed by atoms with Crippen LogP contribution in [0.4, 0.5) is 4.79 Å². The highest BCUT2D eigenvalue weighted by Gasteiger charge is 2.32. The topological polar surface area (TPSA) is 128 Å². The Morgan fingerprint density at radius 1 is 1.03 bits per heavy atom. The average Bonchev–Trinajstić information content (AvgIpc) is 3.10. The van der Waals surface area contributed by atoms with Crippen LogP contribution in [0.25, 0.3) is 11.1 Å². The van der Waals surface area contributed by atoms with Gasteiger partial charge in [-0.1, -0.05) is 48.5 Å². The van der Waals surface area contributed by atoms with Gasteiger partial charge in [0.1, 0.15) is 18.2 Å². The lowest BCUT2D eigenvalue weighted by Gasteiger charge is -2.26. The molecule has 1 aliphatic rings. The molecule has 0 aromatic heterocycles. The lowest BCUT2D eigenvalue weighted by Crippen LogP contribution is -2.44. The molecule has 2 aromatic rings. The number of carboxylic acids is 1. The fraction of sp³-hybridized carbons (Fsp3) is 0.423. The summed E-state index contributed by atoms with van der Waals surface area (Å²) in [5, 5.41) is 11.7. The van der Waals surface area contributed by atoms with E-state index < -0.39 is 29.7 Å². The molecule has 1 aliphatic carbocycles. The van der Waals surface area contributed by atoms with E-state index in [4.69, 9.17) is 15.2 Å². The third-order valence-electron chi connectivity index (χ3n) is 5.85. The normalized spacial score (nSPS) is 13.5. The smallest absolute Gasteiger partial charge is 0.408 e. The number of rotatable bonds is 11. The zero-order valence-corrected chi connectivity index (χ0v) is 19.6. The number of benzene rings is 2. The van der Waals surface area contributed by atoms with E-state index in [0.29, 0.717) is 19.4 Å². The lowest BCUT2D eigenvalue weighted by atomic mass is 9.98. The van der Waals surface area contributed by atoms with Crippen molar-refractivity contribution in [2.45, 2.75) is 57.1 Å². The summed E-state index contributed by atoms with van der Waals surface area (Å²) in [6.45, 7) is 3.79. The maximum absolute atomic E-state index is 12.6. The minimum absolute atomic E-state index is 0.0616. The van der Waals surface area contributed by atoms with E-state index in [2.05, 4.69) is 17.4 Å². The number of hydrogen-bond acceptors (Lipinski definition) is 6. The summed E-state index contributed by atoms with van der Waals surface area (Å²) in [7, 11) is 0. The maximum Gasteiger partial charge on any atom is 0.408 e. The highest BCUT2D eigenvalue weighted by atomic mass is 16.6. The summed E-state index contributed by atoms with van der Waals surface area (Å²) in [5.41, 5.74) is 8.76. The number of unbranched alkanes of at least 4 members (excludes halogenated alkanes) is 1. The van der Waals surface area contributed by atoms with Crippen LogP contribution in [-0.4, -0.2) is 47.9 Å². The van der Waals surface area contributed by atoms with Gasteiger partial charge in [0.2, 0.25) is 0 Å². The molecule has 0 spiro atoms. The van der Waals surface area contributed by atoms with Crippen molar-refractivity contribution >= 4 is 18.0 Å². The van der Waals surface area contributed by atoms with Gasteiger partial charge in [0.15, 0.2) is 0 Å². The van der Waals surface area contributed by atoms with E-state index in [1.165, 1.54) is 0 Å². The Balaban J connectivity index is 1.54. The zero-order chi connectivity index (χ0) is 24.7. The van der Waals surface area contributed by atoms with Crippen molar-refractivity contribution in [3.63, 3.8) is 0 Å². The van der Waals surface area contributed by atoms with Crippen molar-refractivity contribution < 1.29 is 29.0 Å². The van der Waals surface area contributed by atoms with Gasteiger partial charge < -0.3 is 25.6 Å². The molecular formula is C26H32N2O6. The number of aliphatic carboxylic acids is 1. The fourth-order valence-corrected chi connectivity index (χ4v) is 4.22. The predicted molar refractivity (Wildman–Crippen MR) is 127 cm³/mol. The second-order valence-electron chi connectivity index (χ2n) is 9.06. The first-order chi connectivity index (χ1) is 16.2. The number of amides is 1. The number of nitrogens with one attached hydrogen (secondary N) is 1. The van der Waals surface area contributed by atoms with E-state index >= 15 is 0 Å². The molecule has 0 bridgehead atoms. The third kappa shape index (κ3) is 6.35. The number of esters is 1. The van der Waals surface area contributed by atoms with E-state index in [-0.39, 0.29) is 25.4 Å². The maximum atomic E-state index is 12.6. The Hall–Kier alpha value is -3.39. The minimum atomic E-state index is -1.17. The summed E-state index contributed by atoms with van der Waals surface area (Å²) in [4.78, 5) is 36.2. The number of carbonyl (C=O) groups excluding carboxylic acids is 2. The standard InChI is InChI=1S/C26H32N2O6/c1-26(2,34-25(32)28-22(24(30)31)13-7-8-14-27)15-23(29)33-16-21-19-11-5-3-9-17(19)18-10-4-6-12-20(18)21/h3-6,9-12,21-22H,7-8,13-16,27H2,1-2H3,(H,28,32)(H,30,31)/t22-/m0/s1. The highest BCUT2D eigenvalue weighted by molar-refractivity contribution is 5.81. The number of nitrogens with two attached hydrogens (primary N) is 1. The van der Waals surface area contributed by atoms with Crippen LogP contribution in [0.5, 0.6) is 0 Å². The first-order valence-corrected chi connectivity index (χ1v) is 11.5. The fourth-order valence-electron chi connectivity index (χ4n) is 4.22. The summed E-state index contributed by atoms with van der Waals surface area (Å²) in [6, 6.07) is 15.0. The van der Waals surface area contributed by atoms with E-state index in [1.54, 1.807) is 13.8 Å². The van der Waals surface area contributed by atoms with E-state index in [9.17, 15) is 19.5 Å². The molecule has 34 heavy (non-hydrogen) atoms. The van der Waals surface area contributed by atoms with Crippen molar-refractivity contribution in [2.24, 2.45) is 5.73 Å². The molecular weight excluding hydrogens is 436 g/mol. The summed E-state index contributed by atoms with van der Waals surface area (Å²) < 4.78 is 10.9. The van der Waals surface area contributed by atoms with E-state index in [1.807, 2.05) is 36.4 Å². The Morgan fingerprint density at radius 3 is 2.18 bits per heavy atom. The average molecular weight is 469 g/mol. The molecule has 0 saturated carbocycles. The van der Waals surface area contributed by atoms with Crippen LogP contribution in [0.15, 0.2) is 48.5 Å². The van der Waals surface area contributed by atoms with Gasteiger partial charge in [0, 0.05) is 5.92 Å². The lowest BCUT2D eigenvalue weighted by molar-refractivity contribution is -0.148. The highest BCUT2D eigenvalue weighted by Crippen LogP contribution is 2.44. The van der Waals surface area contributed by atoms with Crippen LogP contribution < -0.4 is 11.1 Å². The molecule has 0 aliphatic heterocycles. The number of carbonyl (C=O) groups is 3. The van der Waals surface area contributed by atoms with Crippen LogP contribution >= 0.6 is 0 Å². The molecule has 2 aromatic carbocycles. The first-order valence-electron chi connectivity index (χ1n) is 11.5. The summed E-state index contributed by atoms with van der Waals surface area (Å²) >= 11 is 0. The number of hydrogen-bond donors (Lipinski definition) is 3. The molecule has 4 N–H and O–H groups in total. The van der Waals surface area contributed by atoms with Gasteiger partial charge in [0.25, 0.3) is 0 Å². The number of alkyl carbamates (subject to hydrolysis) is 1. The van der Waals surface area contributed by atoms with E-state index in [0.717, 1.165) is 22.3 Å². The number of carboxylic acid groups (broad SMARTS) is 1.